The molecule has 1 rings (SSSR count). The molecule has 0 aliphatic heterocycles. The molecule has 4 heteroatoms. The summed E-state index contributed by atoms with van der Waals surface area (Å²) in [5, 5.41) is 19.2. The second kappa shape index (κ2) is 17.5. The molecule has 2 unspecified atom stereocenters. The quantitative estimate of drug-likeness (QED) is 0.257. The van der Waals surface area contributed by atoms with E-state index in [1.165, 1.54) is 44.9 Å². The molecule has 0 radical (unpaired) electrons. The summed E-state index contributed by atoms with van der Waals surface area (Å²) in [7, 11) is 0. The predicted octanol–water partition coefficient (Wildman–Crippen LogP) is 6.50. The van der Waals surface area contributed by atoms with Gasteiger partial charge in [-0.1, -0.05) is 88.6 Å². The van der Waals surface area contributed by atoms with E-state index in [2.05, 4.69) is 6.92 Å². The number of hydrogen-bond acceptors (Lipinski definition) is 3. The van der Waals surface area contributed by atoms with Crippen molar-refractivity contribution in [1.29, 1.82) is 0 Å². The van der Waals surface area contributed by atoms with Gasteiger partial charge in [0.05, 0.1) is 18.8 Å². The minimum Gasteiger partial charge on any atom is -0.481 e. The van der Waals surface area contributed by atoms with Crippen molar-refractivity contribution in [2.24, 2.45) is 0 Å². The average Bonchev–Trinajstić information content (AvgIpc) is 2.72. The summed E-state index contributed by atoms with van der Waals surface area (Å²) >= 11 is 0. The first-order valence-electron chi connectivity index (χ1n) is 11.7. The van der Waals surface area contributed by atoms with Gasteiger partial charge in [-0.3, -0.25) is 4.79 Å². The number of rotatable bonds is 19. The number of ether oxygens (including phenoxy) is 1. The van der Waals surface area contributed by atoms with Crippen LogP contribution in [0.2, 0.25) is 0 Å². The molecule has 0 bridgehead atoms. The zero-order valence-corrected chi connectivity index (χ0v) is 18.4. The van der Waals surface area contributed by atoms with Gasteiger partial charge in [-0.15, -0.1) is 0 Å². The monoisotopic (exact) mass is 406 g/mol. The summed E-state index contributed by atoms with van der Waals surface area (Å²) in [6.45, 7) is 2.75. The molecule has 0 fully saturated rings. The van der Waals surface area contributed by atoms with E-state index >= 15 is 0 Å². The third-order valence-corrected chi connectivity index (χ3v) is 5.46. The van der Waals surface area contributed by atoms with Gasteiger partial charge in [-0.25, -0.2) is 0 Å². The Morgan fingerprint density at radius 3 is 2.14 bits per heavy atom. The van der Waals surface area contributed by atoms with Crippen LogP contribution in [0.25, 0.3) is 0 Å². The molecular formula is C25H42O4. The summed E-state index contributed by atoms with van der Waals surface area (Å²) < 4.78 is 5.97. The lowest BCUT2D eigenvalue weighted by Crippen LogP contribution is -2.16. The Morgan fingerprint density at radius 2 is 1.48 bits per heavy atom. The topological polar surface area (TPSA) is 66.8 Å². The number of carboxylic acids is 1. The van der Waals surface area contributed by atoms with Gasteiger partial charge in [0.25, 0.3) is 0 Å². The lowest BCUT2D eigenvalue weighted by atomic mass is 10.0. The first-order chi connectivity index (χ1) is 14.1. The Labute approximate surface area is 177 Å². The van der Waals surface area contributed by atoms with Crippen molar-refractivity contribution < 1.29 is 19.7 Å². The fraction of sp³-hybridized carbons (Fsp3) is 0.720. The van der Waals surface area contributed by atoms with E-state index < -0.39 is 5.97 Å². The molecule has 0 aromatic heterocycles. The number of aliphatic hydroxyl groups excluding tert-OH is 1. The van der Waals surface area contributed by atoms with Crippen LogP contribution in [0.1, 0.15) is 102 Å². The molecule has 0 amide bonds. The van der Waals surface area contributed by atoms with Gasteiger partial charge in [-0.2, -0.15) is 0 Å². The molecule has 166 valence electrons. The van der Waals surface area contributed by atoms with Crippen molar-refractivity contribution in [3.8, 4) is 0 Å². The van der Waals surface area contributed by atoms with Gasteiger partial charge in [0.1, 0.15) is 0 Å². The zero-order valence-electron chi connectivity index (χ0n) is 18.4. The highest BCUT2D eigenvalue weighted by molar-refractivity contribution is 5.66. The van der Waals surface area contributed by atoms with E-state index in [0.717, 1.165) is 37.7 Å². The van der Waals surface area contributed by atoms with Crippen molar-refractivity contribution >= 4 is 5.97 Å². The molecule has 0 aliphatic rings. The fourth-order valence-corrected chi connectivity index (χ4v) is 3.62. The molecule has 0 saturated heterocycles. The maximum absolute atomic E-state index is 10.9. The van der Waals surface area contributed by atoms with Crippen LogP contribution in [0.3, 0.4) is 0 Å². The minimum atomic E-state index is -0.784. The molecule has 1 aromatic rings. The Hall–Kier alpha value is -1.39. The van der Waals surface area contributed by atoms with E-state index in [1.54, 1.807) is 0 Å². The maximum Gasteiger partial charge on any atom is 0.303 e. The molecule has 4 nitrogen and oxygen atoms in total. The lowest BCUT2D eigenvalue weighted by Gasteiger charge is -2.18. The molecule has 29 heavy (non-hydrogen) atoms. The molecular weight excluding hydrogens is 364 g/mol. The van der Waals surface area contributed by atoms with Crippen molar-refractivity contribution in [1.82, 2.24) is 0 Å². The number of unbranched alkanes of at least 4 members (excludes halogenated alkanes) is 7. The van der Waals surface area contributed by atoms with Crippen LogP contribution in [0.15, 0.2) is 30.3 Å². The highest BCUT2D eigenvalue weighted by Gasteiger charge is 2.13. The molecule has 0 spiro atoms. The van der Waals surface area contributed by atoms with Gasteiger partial charge >= 0.3 is 5.97 Å². The number of carboxylic acid groups (broad SMARTS) is 1. The Kier molecular flexibility index (Phi) is 15.4. The van der Waals surface area contributed by atoms with Gasteiger partial charge in [0.2, 0.25) is 0 Å². The minimum absolute atomic E-state index is 0.0679. The average molecular weight is 407 g/mol. The Bertz CT molecular complexity index is 503. The highest BCUT2D eigenvalue weighted by atomic mass is 16.5. The van der Waals surface area contributed by atoms with Crippen LogP contribution >= 0.6 is 0 Å². The Balaban J connectivity index is 2.15. The second-order valence-corrected chi connectivity index (χ2v) is 8.20. The number of hydrogen-bond donors (Lipinski definition) is 2. The van der Waals surface area contributed by atoms with E-state index in [4.69, 9.17) is 9.84 Å². The molecule has 0 saturated carbocycles. The van der Waals surface area contributed by atoms with Crippen molar-refractivity contribution in [2.45, 2.75) is 116 Å². The van der Waals surface area contributed by atoms with Crippen molar-refractivity contribution in [3.63, 3.8) is 0 Å². The van der Waals surface area contributed by atoms with Gasteiger partial charge in [-0.05, 0) is 37.7 Å². The summed E-state index contributed by atoms with van der Waals surface area (Å²) in [6, 6.07) is 9.96. The van der Waals surface area contributed by atoms with Gasteiger partial charge in [0.15, 0.2) is 0 Å². The summed E-state index contributed by atoms with van der Waals surface area (Å²) in [6.07, 6.45) is 13.9. The van der Waals surface area contributed by atoms with E-state index in [-0.39, 0.29) is 18.6 Å². The predicted molar refractivity (Wildman–Crippen MR) is 119 cm³/mol. The summed E-state index contributed by atoms with van der Waals surface area (Å²) in [5.74, 6) is -0.784. The van der Waals surface area contributed by atoms with E-state index in [0.29, 0.717) is 13.0 Å². The maximum atomic E-state index is 10.9. The van der Waals surface area contributed by atoms with Crippen LogP contribution in [0.5, 0.6) is 0 Å². The molecule has 2 N–H and O–H groups in total. The largest absolute Gasteiger partial charge is 0.481 e. The van der Waals surface area contributed by atoms with Crippen molar-refractivity contribution in [2.75, 3.05) is 0 Å². The van der Waals surface area contributed by atoms with Crippen LogP contribution in [0, 0.1) is 0 Å². The first kappa shape index (κ1) is 25.6. The zero-order chi connectivity index (χ0) is 21.2. The standard InChI is InChI=1S/C25H42O4/c1-2-3-4-5-6-7-8-12-16-23(26)17-13-18-24(19-20-25(27)28)29-21-22-14-10-9-11-15-22/h9-11,14-15,23-24,26H,2-8,12-13,16-21H2,1H3,(H,27,28). The SMILES string of the molecule is CCCCCCCCCCC(O)CCCC(CCC(=O)O)OCc1ccccc1. The third kappa shape index (κ3) is 15.2. The van der Waals surface area contributed by atoms with E-state index in [1.807, 2.05) is 30.3 Å². The summed E-state index contributed by atoms with van der Waals surface area (Å²) in [4.78, 5) is 10.9. The highest BCUT2D eigenvalue weighted by Crippen LogP contribution is 2.17. The van der Waals surface area contributed by atoms with Crippen LogP contribution in [-0.2, 0) is 16.1 Å². The fourth-order valence-electron chi connectivity index (χ4n) is 3.62. The number of aliphatic carboxylic acids is 1. The molecule has 1 aromatic carbocycles. The van der Waals surface area contributed by atoms with E-state index in [9.17, 15) is 9.90 Å². The molecule has 0 aliphatic carbocycles. The number of benzene rings is 1. The van der Waals surface area contributed by atoms with Crippen molar-refractivity contribution in [3.05, 3.63) is 35.9 Å². The molecule has 0 heterocycles. The normalized spacial score (nSPS) is 13.3. The van der Waals surface area contributed by atoms with Gasteiger partial charge in [0, 0.05) is 6.42 Å². The van der Waals surface area contributed by atoms with Crippen LogP contribution < -0.4 is 0 Å². The summed E-state index contributed by atoms with van der Waals surface area (Å²) in [5.41, 5.74) is 1.10. The Morgan fingerprint density at radius 1 is 0.862 bits per heavy atom. The number of carbonyl (C=O) groups is 1. The van der Waals surface area contributed by atoms with Crippen LogP contribution in [-0.4, -0.2) is 28.4 Å². The van der Waals surface area contributed by atoms with Crippen LogP contribution in [0.4, 0.5) is 0 Å². The first-order valence-corrected chi connectivity index (χ1v) is 11.7. The second-order valence-electron chi connectivity index (χ2n) is 8.20. The number of aliphatic hydroxyl groups is 1. The lowest BCUT2D eigenvalue weighted by molar-refractivity contribution is -0.138. The smallest absolute Gasteiger partial charge is 0.303 e. The third-order valence-electron chi connectivity index (χ3n) is 5.46. The van der Waals surface area contributed by atoms with Gasteiger partial charge < -0.3 is 14.9 Å². The molecule has 2 atom stereocenters.